The topological polar surface area (TPSA) is 40.5 Å². The molecule has 36 valence electrons. The van der Waals surface area contributed by atoms with E-state index >= 15 is 0 Å². The van der Waals surface area contributed by atoms with Crippen molar-refractivity contribution < 1.29 is 12.6 Å². The van der Waals surface area contributed by atoms with E-state index in [1.54, 1.807) is 0 Å². The summed E-state index contributed by atoms with van der Waals surface area (Å²) in [7, 11) is 0. The van der Waals surface area contributed by atoms with Crippen LogP contribution in [0.1, 0.15) is 2.85 Å². The van der Waals surface area contributed by atoms with E-state index in [-0.39, 0.29) is 40.6 Å². The molecule has 0 unspecified atom stereocenters. The maximum atomic E-state index is 7.87. The van der Waals surface area contributed by atoms with Gasteiger partial charge < -0.3 is 12.6 Å². The molecule has 0 rings (SSSR count). The fourth-order valence-corrected chi connectivity index (χ4v) is 0. The second-order valence-corrected chi connectivity index (χ2v) is 5.55. The van der Waals surface area contributed by atoms with E-state index in [0.29, 0.717) is 0 Å². The summed E-state index contributed by atoms with van der Waals surface area (Å²) in [6.45, 7) is 0. The monoisotopic (exact) mass is 172 g/mol. The summed E-state index contributed by atoms with van der Waals surface area (Å²) < 4.78 is 0. The molecule has 0 saturated carbocycles. The summed E-state index contributed by atoms with van der Waals surface area (Å²) in [4.78, 5) is 15.7. The van der Waals surface area contributed by atoms with E-state index in [1.807, 2.05) is 0 Å². The van der Waals surface area contributed by atoms with Crippen molar-refractivity contribution in [2.45, 2.75) is 0 Å². The fourth-order valence-electron chi connectivity index (χ4n) is 0. The van der Waals surface area contributed by atoms with Gasteiger partial charge in [-0.2, -0.15) is 0 Å². The van der Waals surface area contributed by atoms with Gasteiger partial charge >= 0.3 is 37.7 Å². The van der Waals surface area contributed by atoms with Crippen molar-refractivity contribution in [3.05, 3.63) is 0 Å². The molecule has 0 aliphatic heterocycles. The first-order valence-electron chi connectivity index (χ1n) is 0.783. The summed E-state index contributed by atoms with van der Waals surface area (Å²) >= 11 is 7.07. The van der Waals surface area contributed by atoms with Crippen molar-refractivity contribution in [3.8, 4) is 0 Å². The van der Waals surface area contributed by atoms with Crippen LogP contribution < -0.4 is 0 Å². The van der Waals surface area contributed by atoms with Gasteiger partial charge in [0.1, 0.15) is 0 Å². The van der Waals surface area contributed by atoms with Gasteiger partial charge in [-0.25, -0.2) is 0 Å². The van der Waals surface area contributed by atoms with Crippen molar-refractivity contribution in [1.29, 1.82) is 0 Å². The third-order valence-electron chi connectivity index (χ3n) is 0. The number of hydrogen-bond donors (Lipinski definition) is 3. The minimum atomic E-state index is -3.11. The van der Waals surface area contributed by atoms with Gasteiger partial charge in [-0.3, -0.25) is 0 Å². The minimum Gasteiger partial charge on any atom is -1.00 e. The van der Waals surface area contributed by atoms with Crippen LogP contribution in [0.5, 0.6) is 0 Å². The van der Waals surface area contributed by atoms with E-state index in [4.69, 9.17) is 9.79 Å². The quantitative estimate of drug-likeness (QED) is 0.273. The summed E-state index contributed by atoms with van der Waals surface area (Å²) in [6, 6.07) is 0. The molecular formula is H5CaO2PS2. The molecule has 0 aromatic heterocycles. The molecule has 2 N–H and O–H groups in total. The van der Waals surface area contributed by atoms with Crippen LogP contribution in [0.2, 0.25) is 0 Å². The van der Waals surface area contributed by atoms with Gasteiger partial charge in [-0.05, 0) is 11.8 Å². The Morgan fingerprint density at radius 2 is 1.67 bits per heavy atom. The normalized spacial score (nSPS) is 9.83. The zero-order valence-electron chi connectivity index (χ0n) is 4.90. The van der Waals surface area contributed by atoms with Crippen LogP contribution in [-0.4, -0.2) is 47.5 Å². The Hall–Kier alpha value is 2.18. The second kappa shape index (κ2) is 4.10. The predicted molar refractivity (Wildman–Crippen MR) is 35.7 cm³/mol. The predicted octanol–water partition coefficient (Wildman–Crippen LogP) is -0.0305. The van der Waals surface area contributed by atoms with Gasteiger partial charge in [0.25, 0.3) is 0 Å². The van der Waals surface area contributed by atoms with Gasteiger partial charge in [-0.15, -0.1) is 0 Å². The number of thiol groups is 1. The van der Waals surface area contributed by atoms with Crippen LogP contribution in [0, 0.1) is 0 Å². The zero-order chi connectivity index (χ0) is 4.50. The Morgan fingerprint density at radius 3 is 1.67 bits per heavy atom. The first kappa shape index (κ1) is 11.0. The molecule has 0 aliphatic rings. The standard InChI is InChI=1S/Ca.H3O2PS2.2H/c;1-3(2,4)5;;/h;(H3,1,2,4,5);;/q+2;;2*-1. The van der Waals surface area contributed by atoms with Crippen LogP contribution in [-0.2, 0) is 11.8 Å². The molecule has 6 heavy (non-hydrogen) atoms. The third-order valence-corrected chi connectivity index (χ3v) is 0. The summed E-state index contributed by atoms with van der Waals surface area (Å²) in [5.41, 5.74) is -3.11. The van der Waals surface area contributed by atoms with Gasteiger partial charge in [0, 0.05) is 0 Å². The molecule has 0 aromatic rings. The second-order valence-electron chi connectivity index (χ2n) is 0.513. The molecule has 0 aliphatic carbocycles. The van der Waals surface area contributed by atoms with Gasteiger partial charge in [0.15, 0.2) is 0 Å². The Morgan fingerprint density at radius 1 is 1.67 bits per heavy atom. The van der Waals surface area contributed by atoms with Crippen LogP contribution in [0.3, 0.4) is 0 Å². The van der Waals surface area contributed by atoms with Gasteiger partial charge in [-0.1, -0.05) is 12.2 Å². The Balaban J connectivity index is -0.0000000267. The van der Waals surface area contributed by atoms with Crippen LogP contribution in [0.15, 0.2) is 0 Å². The SMILES string of the molecule is OP(O)(=S)S.[Ca+2].[H-].[H-]. The van der Waals surface area contributed by atoms with Gasteiger partial charge in [0.2, 0.25) is 5.69 Å². The molecular weight excluding hydrogens is 167 g/mol. The van der Waals surface area contributed by atoms with E-state index in [2.05, 4.69) is 24.1 Å². The molecule has 0 bridgehead atoms. The van der Waals surface area contributed by atoms with Crippen molar-refractivity contribution in [1.82, 2.24) is 0 Å². The molecule has 0 spiro atoms. The van der Waals surface area contributed by atoms with Crippen molar-refractivity contribution in [2.75, 3.05) is 0 Å². The number of hydrogen-bond acceptors (Lipinski definition) is 1. The maximum Gasteiger partial charge on any atom is 2.00 e. The van der Waals surface area contributed by atoms with Crippen LogP contribution >= 0.6 is 17.9 Å². The van der Waals surface area contributed by atoms with Gasteiger partial charge in [0.05, 0.1) is 0 Å². The molecule has 0 fully saturated rings. The molecule has 2 nitrogen and oxygen atoms in total. The average Bonchev–Trinajstić information content (AvgIpc) is 0.722. The summed E-state index contributed by atoms with van der Waals surface area (Å²) in [5, 5.41) is 0. The zero-order valence-corrected chi connectivity index (χ0v) is 7.72. The van der Waals surface area contributed by atoms with E-state index in [1.165, 1.54) is 0 Å². The van der Waals surface area contributed by atoms with E-state index in [0.717, 1.165) is 0 Å². The molecule has 0 radical (unpaired) electrons. The van der Waals surface area contributed by atoms with Crippen molar-refractivity contribution in [2.24, 2.45) is 0 Å². The molecule has 0 aromatic carbocycles. The first-order valence-corrected chi connectivity index (χ1v) is 4.64. The molecule has 0 amide bonds. The molecule has 0 heterocycles. The van der Waals surface area contributed by atoms with Crippen LogP contribution in [0.4, 0.5) is 0 Å². The Bertz CT molecular complexity index is 64.2. The minimum absolute atomic E-state index is 0. The number of rotatable bonds is 0. The molecule has 6 heteroatoms. The maximum absolute atomic E-state index is 7.87. The Kier molecular flexibility index (Phi) is 7.54. The first-order chi connectivity index (χ1) is 2.00. The van der Waals surface area contributed by atoms with Crippen LogP contribution in [0.25, 0.3) is 0 Å². The average molecular weight is 172 g/mol. The van der Waals surface area contributed by atoms with E-state index in [9.17, 15) is 0 Å². The van der Waals surface area contributed by atoms with Crippen molar-refractivity contribution >= 4 is 67.5 Å². The van der Waals surface area contributed by atoms with Crippen molar-refractivity contribution in [3.63, 3.8) is 0 Å². The summed E-state index contributed by atoms with van der Waals surface area (Å²) in [6.07, 6.45) is 0. The van der Waals surface area contributed by atoms with E-state index < -0.39 is 5.69 Å². The molecule has 0 saturated heterocycles. The third kappa shape index (κ3) is 34.9. The largest absolute Gasteiger partial charge is 2.00 e. The Labute approximate surface area is 79.2 Å². The summed E-state index contributed by atoms with van der Waals surface area (Å²) in [5.74, 6) is 0. The molecule has 0 atom stereocenters. The fraction of sp³-hybridized carbons (Fsp3) is 0. The smallest absolute Gasteiger partial charge is 1.00 e.